The van der Waals surface area contributed by atoms with Crippen LogP contribution in [0.4, 0.5) is 5.69 Å². The van der Waals surface area contributed by atoms with Crippen LogP contribution in [0.1, 0.15) is 28.9 Å². The first-order valence-corrected chi connectivity index (χ1v) is 7.88. The van der Waals surface area contributed by atoms with Gasteiger partial charge in [-0.25, -0.2) is 4.79 Å². The van der Waals surface area contributed by atoms with E-state index < -0.39 is 0 Å². The fourth-order valence-electron chi connectivity index (χ4n) is 2.78. The summed E-state index contributed by atoms with van der Waals surface area (Å²) in [4.78, 5) is 18.7. The summed E-state index contributed by atoms with van der Waals surface area (Å²) in [5, 5.41) is 1.93. The molecule has 3 rings (SSSR count). The Balaban J connectivity index is 1.95. The molecule has 3 aromatic rings. The Hall–Kier alpha value is -2.88. The Labute approximate surface area is 141 Å². The van der Waals surface area contributed by atoms with Crippen LogP contribution in [0, 0.1) is 0 Å². The minimum atomic E-state index is -0.326. The van der Waals surface area contributed by atoms with E-state index in [1.54, 1.807) is 12.4 Å². The molecule has 4 nitrogen and oxygen atoms in total. The van der Waals surface area contributed by atoms with E-state index in [0.29, 0.717) is 5.56 Å². The molecule has 1 heterocycles. The molecule has 24 heavy (non-hydrogen) atoms. The van der Waals surface area contributed by atoms with Crippen LogP contribution in [0.25, 0.3) is 10.8 Å². The third kappa shape index (κ3) is 3.08. The standard InChI is InChI=1S/C20H20N2O2/c1-14(15-10-12-21-13-11-15)24-20(23)18-8-9-19(22(2)3)17-7-5-4-6-16(17)18/h4-14H,1-3H3/t14-/m1/s1. The molecule has 0 aliphatic rings. The number of anilines is 1. The van der Waals surface area contributed by atoms with Crippen molar-refractivity contribution in [3.8, 4) is 0 Å². The fourth-order valence-corrected chi connectivity index (χ4v) is 2.78. The number of nitrogens with zero attached hydrogens (tertiary/aromatic N) is 2. The molecular formula is C20H20N2O2. The van der Waals surface area contributed by atoms with Crippen LogP contribution in [0.2, 0.25) is 0 Å². The summed E-state index contributed by atoms with van der Waals surface area (Å²) < 4.78 is 5.65. The average Bonchev–Trinajstić information content (AvgIpc) is 2.61. The zero-order valence-corrected chi connectivity index (χ0v) is 14.1. The molecule has 0 saturated carbocycles. The number of aromatic nitrogens is 1. The Bertz CT molecular complexity index is 860. The molecule has 0 spiro atoms. The zero-order chi connectivity index (χ0) is 17.1. The molecule has 0 amide bonds. The summed E-state index contributed by atoms with van der Waals surface area (Å²) in [5.41, 5.74) is 2.58. The highest BCUT2D eigenvalue weighted by molar-refractivity contribution is 6.08. The van der Waals surface area contributed by atoms with E-state index in [-0.39, 0.29) is 12.1 Å². The molecule has 2 aromatic carbocycles. The van der Waals surface area contributed by atoms with Crippen LogP contribution >= 0.6 is 0 Å². The molecule has 0 aliphatic carbocycles. The Morgan fingerprint density at radius 2 is 1.67 bits per heavy atom. The number of rotatable bonds is 4. The van der Waals surface area contributed by atoms with E-state index in [9.17, 15) is 4.79 Å². The Morgan fingerprint density at radius 1 is 1.00 bits per heavy atom. The van der Waals surface area contributed by atoms with E-state index in [2.05, 4.69) is 4.98 Å². The van der Waals surface area contributed by atoms with Crippen molar-refractivity contribution in [2.45, 2.75) is 13.0 Å². The quantitative estimate of drug-likeness (QED) is 0.675. The van der Waals surface area contributed by atoms with Gasteiger partial charge in [-0.1, -0.05) is 24.3 Å². The molecule has 0 saturated heterocycles. The molecule has 0 fully saturated rings. The highest BCUT2D eigenvalue weighted by Crippen LogP contribution is 2.29. The van der Waals surface area contributed by atoms with Crippen LogP contribution < -0.4 is 4.90 Å². The number of pyridine rings is 1. The topological polar surface area (TPSA) is 42.4 Å². The number of carbonyl (C=O) groups is 1. The number of carbonyl (C=O) groups excluding carboxylic acids is 1. The summed E-state index contributed by atoms with van der Waals surface area (Å²) >= 11 is 0. The zero-order valence-electron chi connectivity index (χ0n) is 14.1. The first kappa shape index (κ1) is 16.0. The maximum Gasteiger partial charge on any atom is 0.339 e. The summed E-state index contributed by atoms with van der Waals surface area (Å²) in [6.07, 6.45) is 3.06. The first-order chi connectivity index (χ1) is 11.6. The van der Waals surface area contributed by atoms with Gasteiger partial charge in [0.2, 0.25) is 0 Å². The van der Waals surface area contributed by atoms with Gasteiger partial charge in [0, 0.05) is 37.6 Å². The van der Waals surface area contributed by atoms with Crippen LogP contribution in [-0.4, -0.2) is 25.0 Å². The maximum atomic E-state index is 12.7. The summed E-state index contributed by atoms with van der Waals surface area (Å²) in [7, 11) is 3.98. The van der Waals surface area contributed by atoms with Crippen molar-refractivity contribution in [1.29, 1.82) is 0 Å². The van der Waals surface area contributed by atoms with Crippen LogP contribution in [0.3, 0.4) is 0 Å². The van der Waals surface area contributed by atoms with Gasteiger partial charge in [-0.3, -0.25) is 4.98 Å². The number of hydrogen-bond acceptors (Lipinski definition) is 4. The normalized spacial score (nSPS) is 12.0. The summed E-state index contributed by atoms with van der Waals surface area (Å²) in [6, 6.07) is 15.4. The summed E-state index contributed by atoms with van der Waals surface area (Å²) in [6.45, 7) is 1.86. The van der Waals surface area contributed by atoms with Gasteiger partial charge in [0.25, 0.3) is 0 Å². The van der Waals surface area contributed by atoms with Crippen LogP contribution in [-0.2, 0) is 4.74 Å². The number of ether oxygens (including phenoxy) is 1. The average molecular weight is 320 g/mol. The monoisotopic (exact) mass is 320 g/mol. The smallest absolute Gasteiger partial charge is 0.339 e. The predicted octanol–water partition coefficient (Wildman–Crippen LogP) is 4.22. The van der Waals surface area contributed by atoms with Gasteiger partial charge in [0.05, 0.1) is 5.56 Å². The third-order valence-corrected chi connectivity index (χ3v) is 4.06. The van der Waals surface area contributed by atoms with Crippen molar-refractivity contribution >= 4 is 22.4 Å². The van der Waals surface area contributed by atoms with Gasteiger partial charge in [-0.2, -0.15) is 0 Å². The van der Waals surface area contributed by atoms with Crippen molar-refractivity contribution in [1.82, 2.24) is 4.98 Å². The number of fused-ring (bicyclic) bond motifs is 1. The Kier molecular flexibility index (Phi) is 4.47. The lowest BCUT2D eigenvalue weighted by Gasteiger charge is -2.18. The van der Waals surface area contributed by atoms with E-state index in [4.69, 9.17) is 4.74 Å². The lowest BCUT2D eigenvalue weighted by atomic mass is 10.0. The molecule has 0 radical (unpaired) electrons. The molecule has 0 bridgehead atoms. The predicted molar refractivity (Wildman–Crippen MR) is 96.3 cm³/mol. The lowest BCUT2D eigenvalue weighted by Crippen LogP contribution is -2.12. The second kappa shape index (κ2) is 6.71. The van der Waals surface area contributed by atoms with Gasteiger partial charge >= 0.3 is 5.97 Å². The van der Waals surface area contributed by atoms with E-state index in [1.807, 2.05) is 74.4 Å². The van der Waals surface area contributed by atoms with Crippen LogP contribution in [0.15, 0.2) is 60.9 Å². The van der Waals surface area contributed by atoms with E-state index >= 15 is 0 Å². The number of benzene rings is 2. The van der Waals surface area contributed by atoms with Crippen molar-refractivity contribution in [3.63, 3.8) is 0 Å². The van der Waals surface area contributed by atoms with Gasteiger partial charge in [-0.05, 0) is 42.1 Å². The lowest BCUT2D eigenvalue weighted by molar-refractivity contribution is 0.0340. The molecule has 1 aromatic heterocycles. The van der Waals surface area contributed by atoms with Gasteiger partial charge < -0.3 is 9.64 Å². The third-order valence-electron chi connectivity index (χ3n) is 4.06. The summed E-state index contributed by atoms with van der Waals surface area (Å²) in [5.74, 6) is -0.319. The van der Waals surface area contributed by atoms with Gasteiger partial charge in [-0.15, -0.1) is 0 Å². The largest absolute Gasteiger partial charge is 0.454 e. The fraction of sp³-hybridized carbons (Fsp3) is 0.200. The molecule has 4 heteroatoms. The highest BCUT2D eigenvalue weighted by atomic mass is 16.5. The molecule has 0 N–H and O–H groups in total. The van der Waals surface area contributed by atoms with Crippen molar-refractivity contribution in [2.75, 3.05) is 19.0 Å². The van der Waals surface area contributed by atoms with Gasteiger partial charge in [0.1, 0.15) is 6.10 Å². The minimum Gasteiger partial charge on any atom is -0.454 e. The van der Waals surface area contributed by atoms with E-state index in [1.165, 1.54) is 0 Å². The van der Waals surface area contributed by atoms with Crippen LogP contribution in [0.5, 0.6) is 0 Å². The SMILES string of the molecule is C[C@@H](OC(=O)c1ccc(N(C)C)c2ccccc12)c1ccncc1. The minimum absolute atomic E-state index is 0.319. The molecule has 122 valence electrons. The van der Waals surface area contributed by atoms with Gasteiger partial charge in [0.15, 0.2) is 0 Å². The van der Waals surface area contributed by atoms with E-state index in [0.717, 1.165) is 22.0 Å². The van der Waals surface area contributed by atoms with Crippen molar-refractivity contribution in [2.24, 2.45) is 0 Å². The van der Waals surface area contributed by atoms with Crippen molar-refractivity contribution in [3.05, 3.63) is 72.1 Å². The number of hydrogen-bond donors (Lipinski definition) is 0. The second-order valence-electron chi connectivity index (χ2n) is 5.90. The number of esters is 1. The first-order valence-electron chi connectivity index (χ1n) is 7.88. The molecule has 0 unspecified atom stereocenters. The molecular weight excluding hydrogens is 300 g/mol. The Morgan fingerprint density at radius 3 is 2.33 bits per heavy atom. The second-order valence-corrected chi connectivity index (χ2v) is 5.90. The highest BCUT2D eigenvalue weighted by Gasteiger charge is 2.17. The maximum absolute atomic E-state index is 12.7. The molecule has 1 atom stereocenters. The van der Waals surface area contributed by atoms with Crippen molar-refractivity contribution < 1.29 is 9.53 Å². The molecule has 0 aliphatic heterocycles.